The number of hydrogen-bond acceptors (Lipinski definition) is 3. The third-order valence-electron chi connectivity index (χ3n) is 5.55. The number of nitrogens with zero attached hydrogens (tertiary/aromatic N) is 1. The molecular formula is C22H22BrNO3. The summed E-state index contributed by atoms with van der Waals surface area (Å²) in [6, 6.07) is 11.4. The maximum Gasteiger partial charge on any atom is 0.253 e. The third-order valence-corrected chi connectivity index (χ3v) is 6.05. The SMILES string of the molecule is Cc1cc(C)c2c(c1)C(=O)CC1(CCN(C(=O)c3cccc(Br)c3)CC1)O2. The van der Waals surface area contributed by atoms with E-state index in [-0.39, 0.29) is 11.7 Å². The molecule has 27 heavy (non-hydrogen) atoms. The molecule has 1 saturated heterocycles. The quantitative estimate of drug-likeness (QED) is 0.661. The summed E-state index contributed by atoms with van der Waals surface area (Å²) >= 11 is 3.42. The number of amides is 1. The van der Waals surface area contributed by atoms with Gasteiger partial charge in [0.15, 0.2) is 5.78 Å². The molecule has 2 aliphatic rings. The Kier molecular flexibility index (Phi) is 4.58. The van der Waals surface area contributed by atoms with E-state index in [9.17, 15) is 9.59 Å². The van der Waals surface area contributed by atoms with Gasteiger partial charge in [-0.25, -0.2) is 0 Å². The number of ketones is 1. The maximum atomic E-state index is 12.8. The Morgan fingerprint density at radius 3 is 2.59 bits per heavy atom. The number of carbonyl (C=O) groups is 2. The van der Waals surface area contributed by atoms with Crippen LogP contribution in [0.5, 0.6) is 5.75 Å². The van der Waals surface area contributed by atoms with E-state index in [1.165, 1.54) is 0 Å². The molecule has 2 heterocycles. The van der Waals surface area contributed by atoms with Gasteiger partial charge in [-0.2, -0.15) is 0 Å². The van der Waals surface area contributed by atoms with Crippen LogP contribution < -0.4 is 4.74 Å². The molecule has 2 aliphatic heterocycles. The zero-order valence-electron chi connectivity index (χ0n) is 15.5. The molecule has 0 aliphatic carbocycles. The van der Waals surface area contributed by atoms with E-state index in [1.54, 1.807) is 0 Å². The molecule has 0 N–H and O–H groups in total. The van der Waals surface area contributed by atoms with E-state index in [0.717, 1.165) is 21.3 Å². The minimum absolute atomic E-state index is 0.0282. The van der Waals surface area contributed by atoms with Gasteiger partial charge in [0.1, 0.15) is 11.4 Å². The van der Waals surface area contributed by atoms with Crippen LogP contribution in [0.15, 0.2) is 40.9 Å². The van der Waals surface area contributed by atoms with Crippen molar-refractivity contribution >= 4 is 27.6 Å². The molecule has 2 aromatic rings. The lowest BCUT2D eigenvalue weighted by atomic mass is 9.81. The standard InChI is InChI=1S/C22H22BrNO3/c1-14-10-15(2)20-18(11-14)19(25)13-22(27-20)6-8-24(9-7-22)21(26)16-4-3-5-17(23)12-16/h3-5,10-12H,6-9,13H2,1-2H3. The van der Waals surface area contributed by atoms with E-state index in [0.29, 0.717) is 43.5 Å². The number of Topliss-reactive ketones (excluding diaryl/α,β-unsaturated/α-hetero) is 1. The fourth-order valence-corrected chi connectivity index (χ4v) is 4.54. The van der Waals surface area contributed by atoms with Crippen LogP contribution in [0.4, 0.5) is 0 Å². The number of piperidine rings is 1. The number of hydrogen-bond donors (Lipinski definition) is 0. The first-order valence-electron chi connectivity index (χ1n) is 9.25. The number of rotatable bonds is 1. The molecule has 0 atom stereocenters. The van der Waals surface area contributed by atoms with Crippen LogP contribution in [0.3, 0.4) is 0 Å². The summed E-state index contributed by atoms with van der Waals surface area (Å²) < 4.78 is 7.30. The first-order valence-corrected chi connectivity index (χ1v) is 10.0. The monoisotopic (exact) mass is 427 g/mol. The molecule has 0 radical (unpaired) electrons. The Labute approximate surface area is 167 Å². The summed E-state index contributed by atoms with van der Waals surface area (Å²) in [6.45, 7) is 5.18. The highest BCUT2D eigenvalue weighted by Gasteiger charge is 2.44. The smallest absolute Gasteiger partial charge is 0.253 e. The zero-order valence-corrected chi connectivity index (χ0v) is 17.1. The van der Waals surface area contributed by atoms with Crippen LogP contribution in [0.1, 0.15) is 51.1 Å². The highest BCUT2D eigenvalue weighted by molar-refractivity contribution is 9.10. The van der Waals surface area contributed by atoms with Crippen LogP contribution in [-0.2, 0) is 0 Å². The lowest BCUT2D eigenvalue weighted by Gasteiger charge is -2.44. The van der Waals surface area contributed by atoms with E-state index in [1.807, 2.05) is 49.1 Å². The average molecular weight is 428 g/mol. The van der Waals surface area contributed by atoms with Gasteiger partial charge in [-0.15, -0.1) is 0 Å². The van der Waals surface area contributed by atoms with E-state index < -0.39 is 5.60 Å². The van der Waals surface area contributed by atoms with Gasteiger partial charge in [0.05, 0.1) is 12.0 Å². The fraction of sp³-hybridized carbons (Fsp3) is 0.364. The molecule has 1 fully saturated rings. The lowest BCUT2D eigenvalue weighted by Crippen LogP contribution is -2.52. The van der Waals surface area contributed by atoms with Crippen LogP contribution in [0, 0.1) is 13.8 Å². The molecule has 0 bridgehead atoms. The summed E-state index contributed by atoms with van der Waals surface area (Å²) in [5.41, 5.74) is 2.97. The molecule has 0 aromatic heterocycles. The molecule has 0 unspecified atom stereocenters. The molecule has 4 rings (SSSR count). The Bertz CT molecular complexity index is 929. The average Bonchev–Trinajstić information content (AvgIpc) is 2.63. The van der Waals surface area contributed by atoms with Gasteiger partial charge < -0.3 is 9.64 Å². The normalized spacial score (nSPS) is 18.2. The van der Waals surface area contributed by atoms with Crippen molar-refractivity contribution < 1.29 is 14.3 Å². The largest absolute Gasteiger partial charge is 0.486 e. The Morgan fingerprint density at radius 2 is 1.89 bits per heavy atom. The minimum atomic E-state index is -0.488. The van der Waals surface area contributed by atoms with Crippen molar-refractivity contribution in [1.29, 1.82) is 0 Å². The highest BCUT2D eigenvalue weighted by Crippen LogP contribution is 2.41. The number of aryl methyl sites for hydroxylation is 2. The lowest BCUT2D eigenvalue weighted by molar-refractivity contribution is -0.00619. The molecule has 140 valence electrons. The van der Waals surface area contributed by atoms with Crippen LogP contribution in [-0.4, -0.2) is 35.3 Å². The van der Waals surface area contributed by atoms with Crippen molar-refractivity contribution in [2.45, 2.75) is 38.7 Å². The van der Waals surface area contributed by atoms with Gasteiger partial charge in [-0.1, -0.05) is 28.1 Å². The van der Waals surface area contributed by atoms with Crippen molar-refractivity contribution in [3.63, 3.8) is 0 Å². The summed E-state index contributed by atoms with van der Waals surface area (Å²) in [7, 11) is 0. The van der Waals surface area contributed by atoms with Crippen molar-refractivity contribution in [3.05, 3.63) is 63.1 Å². The molecule has 4 nitrogen and oxygen atoms in total. The van der Waals surface area contributed by atoms with Gasteiger partial charge >= 0.3 is 0 Å². The first kappa shape index (κ1) is 18.2. The summed E-state index contributed by atoms with van der Waals surface area (Å²) in [4.78, 5) is 27.4. The number of halogens is 1. The number of likely N-dealkylation sites (tertiary alicyclic amines) is 1. The van der Waals surface area contributed by atoms with Crippen molar-refractivity contribution in [3.8, 4) is 5.75 Å². The van der Waals surface area contributed by atoms with Gasteiger partial charge in [0.2, 0.25) is 0 Å². The van der Waals surface area contributed by atoms with Crippen LogP contribution in [0.2, 0.25) is 0 Å². The topological polar surface area (TPSA) is 46.6 Å². The van der Waals surface area contributed by atoms with Crippen molar-refractivity contribution in [2.24, 2.45) is 0 Å². The molecule has 5 heteroatoms. The third kappa shape index (κ3) is 3.41. The predicted octanol–water partition coefficient (Wildman–Crippen LogP) is 4.71. The predicted molar refractivity (Wildman–Crippen MR) is 108 cm³/mol. The van der Waals surface area contributed by atoms with Gasteiger partial charge in [-0.05, 0) is 49.2 Å². The number of fused-ring (bicyclic) bond motifs is 1. The Morgan fingerprint density at radius 1 is 1.15 bits per heavy atom. The second-order valence-corrected chi connectivity index (χ2v) is 8.56. The maximum absolute atomic E-state index is 12.8. The second kappa shape index (κ2) is 6.79. The van der Waals surface area contributed by atoms with Crippen LogP contribution in [0.25, 0.3) is 0 Å². The van der Waals surface area contributed by atoms with E-state index >= 15 is 0 Å². The van der Waals surface area contributed by atoms with Gasteiger partial charge in [0, 0.05) is 36.0 Å². The Hall–Kier alpha value is -2.14. The zero-order chi connectivity index (χ0) is 19.2. The van der Waals surface area contributed by atoms with E-state index in [2.05, 4.69) is 22.0 Å². The summed E-state index contributed by atoms with van der Waals surface area (Å²) in [6.07, 6.45) is 1.73. The van der Waals surface area contributed by atoms with Gasteiger partial charge in [0.25, 0.3) is 5.91 Å². The highest BCUT2D eigenvalue weighted by atomic mass is 79.9. The van der Waals surface area contributed by atoms with Crippen molar-refractivity contribution in [1.82, 2.24) is 4.90 Å². The summed E-state index contributed by atoms with van der Waals surface area (Å²) in [5.74, 6) is 0.902. The second-order valence-electron chi connectivity index (χ2n) is 7.65. The number of carbonyl (C=O) groups excluding carboxylic acids is 2. The van der Waals surface area contributed by atoms with Crippen LogP contribution >= 0.6 is 15.9 Å². The fourth-order valence-electron chi connectivity index (χ4n) is 4.14. The van der Waals surface area contributed by atoms with E-state index in [4.69, 9.17) is 4.74 Å². The molecule has 0 saturated carbocycles. The minimum Gasteiger partial charge on any atom is -0.486 e. The summed E-state index contributed by atoms with van der Waals surface area (Å²) in [5, 5.41) is 0. The number of ether oxygens (including phenoxy) is 1. The molecule has 1 spiro atoms. The number of benzene rings is 2. The molecule has 2 aromatic carbocycles. The first-order chi connectivity index (χ1) is 12.9. The molecular weight excluding hydrogens is 406 g/mol. The van der Waals surface area contributed by atoms with Crippen molar-refractivity contribution in [2.75, 3.05) is 13.1 Å². The van der Waals surface area contributed by atoms with Gasteiger partial charge in [-0.3, -0.25) is 9.59 Å². The Balaban J connectivity index is 1.52. The molecule has 1 amide bonds.